The average molecular weight is 306 g/mol. The minimum atomic E-state index is -0.470. The van der Waals surface area contributed by atoms with Gasteiger partial charge in [-0.15, -0.1) is 12.4 Å². The summed E-state index contributed by atoms with van der Waals surface area (Å²) in [6.07, 6.45) is 3.09. The van der Waals surface area contributed by atoms with E-state index in [1.807, 2.05) is 32.6 Å². The maximum absolute atomic E-state index is 12.2. The lowest BCUT2D eigenvalue weighted by atomic mass is 9.95. The van der Waals surface area contributed by atoms with Gasteiger partial charge in [0, 0.05) is 24.0 Å². The highest BCUT2D eigenvalue weighted by atomic mass is 35.5. The van der Waals surface area contributed by atoms with Gasteiger partial charge in [-0.2, -0.15) is 0 Å². The lowest BCUT2D eigenvalue weighted by Crippen LogP contribution is -2.54. The van der Waals surface area contributed by atoms with Gasteiger partial charge in [-0.1, -0.05) is 20.8 Å². The summed E-state index contributed by atoms with van der Waals surface area (Å²) in [5, 5.41) is 2.71. The van der Waals surface area contributed by atoms with Crippen LogP contribution >= 0.6 is 12.4 Å². The quantitative estimate of drug-likeness (QED) is 0.825. The highest BCUT2D eigenvalue weighted by Crippen LogP contribution is 2.19. The van der Waals surface area contributed by atoms with Crippen LogP contribution in [0.15, 0.2) is 0 Å². The maximum Gasteiger partial charge on any atom is 0.242 e. The van der Waals surface area contributed by atoms with Gasteiger partial charge in [-0.05, 0) is 26.2 Å². The van der Waals surface area contributed by atoms with Crippen LogP contribution in [-0.2, 0) is 9.59 Å². The standard InChI is InChI=1S/C14H27N3O2.ClH/c1-10(15)11-7-5-6-8-17(11)12(18)9-16-13(19)14(2,3)4;/h10-11H,5-9,15H2,1-4H3,(H,16,19);1H. The van der Waals surface area contributed by atoms with Crippen molar-refractivity contribution in [3.05, 3.63) is 0 Å². The summed E-state index contributed by atoms with van der Waals surface area (Å²) in [7, 11) is 0. The number of carbonyl (C=O) groups is 2. The summed E-state index contributed by atoms with van der Waals surface area (Å²) < 4.78 is 0. The number of hydrogen-bond acceptors (Lipinski definition) is 3. The normalized spacial score (nSPS) is 20.9. The fourth-order valence-electron chi connectivity index (χ4n) is 2.34. The van der Waals surface area contributed by atoms with Gasteiger partial charge in [0.1, 0.15) is 0 Å². The number of piperidine rings is 1. The molecule has 2 amide bonds. The summed E-state index contributed by atoms with van der Waals surface area (Å²) in [5.41, 5.74) is 5.47. The van der Waals surface area contributed by atoms with Crippen LogP contribution in [0.2, 0.25) is 0 Å². The molecule has 1 fully saturated rings. The van der Waals surface area contributed by atoms with Gasteiger partial charge in [0.05, 0.1) is 6.54 Å². The van der Waals surface area contributed by atoms with Crippen LogP contribution in [0.1, 0.15) is 47.0 Å². The third-order valence-electron chi connectivity index (χ3n) is 3.56. The van der Waals surface area contributed by atoms with Gasteiger partial charge in [0.15, 0.2) is 0 Å². The summed E-state index contributed by atoms with van der Waals surface area (Å²) in [6.45, 7) is 8.25. The number of hydrogen-bond donors (Lipinski definition) is 2. The van der Waals surface area contributed by atoms with E-state index in [1.54, 1.807) is 0 Å². The SMILES string of the molecule is CC(N)C1CCCCN1C(=O)CNC(=O)C(C)(C)C.Cl. The van der Waals surface area contributed by atoms with Crippen molar-refractivity contribution in [2.45, 2.75) is 59.0 Å². The smallest absolute Gasteiger partial charge is 0.242 e. The molecule has 1 saturated heterocycles. The first kappa shape index (κ1) is 19.2. The van der Waals surface area contributed by atoms with Crippen molar-refractivity contribution >= 4 is 24.2 Å². The highest BCUT2D eigenvalue weighted by Gasteiger charge is 2.30. The Morgan fingerprint density at radius 2 is 1.95 bits per heavy atom. The molecular formula is C14H28ClN3O2. The van der Waals surface area contributed by atoms with E-state index in [2.05, 4.69) is 5.32 Å². The van der Waals surface area contributed by atoms with E-state index >= 15 is 0 Å². The van der Waals surface area contributed by atoms with Crippen molar-refractivity contribution in [1.29, 1.82) is 0 Å². The molecule has 1 aliphatic rings. The van der Waals surface area contributed by atoms with Crippen LogP contribution < -0.4 is 11.1 Å². The predicted octanol–water partition coefficient (Wildman–Crippen LogP) is 1.30. The number of nitrogens with two attached hydrogens (primary N) is 1. The van der Waals surface area contributed by atoms with Crippen molar-refractivity contribution in [3.8, 4) is 0 Å². The molecule has 0 bridgehead atoms. The number of halogens is 1. The first-order chi connectivity index (χ1) is 8.73. The number of rotatable bonds is 3. The molecule has 2 atom stereocenters. The number of nitrogens with zero attached hydrogens (tertiary/aromatic N) is 1. The molecule has 1 aliphatic heterocycles. The summed E-state index contributed by atoms with van der Waals surface area (Å²) >= 11 is 0. The Bertz CT molecular complexity index is 340. The van der Waals surface area contributed by atoms with Crippen molar-refractivity contribution in [3.63, 3.8) is 0 Å². The number of nitrogens with one attached hydrogen (secondary N) is 1. The molecule has 2 unspecified atom stereocenters. The minimum Gasteiger partial charge on any atom is -0.347 e. The number of amides is 2. The average Bonchev–Trinajstić information content (AvgIpc) is 2.34. The third kappa shape index (κ3) is 5.29. The van der Waals surface area contributed by atoms with Crippen molar-refractivity contribution in [2.75, 3.05) is 13.1 Å². The molecule has 0 radical (unpaired) electrons. The van der Waals surface area contributed by atoms with Crippen LogP contribution in [0, 0.1) is 5.41 Å². The zero-order chi connectivity index (χ0) is 14.6. The molecular weight excluding hydrogens is 278 g/mol. The molecule has 1 rings (SSSR count). The monoisotopic (exact) mass is 305 g/mol. The van der Waals surface area contributed by atoms with Crippen LogP contribution in [0.3, 0.4) is 0 Å². The summed E-state index contributed by atoms with van der Waals surface area (Å²) in [5.74, 6) is -0.130. The largest absolute Gasteiger partial charge is 0.347 e. The molecule has 0 spiro atoms. The van der Waals surface area contributed by atoms with E-state index in [4.69, 9.17) is 5.73 Å². The fourth-order valence-corrected chi connectivity index (χ4v) is 2.34. The van der Waals surface area contributed by atoms with E-state index < -0.39 is 5.41 Å². The molecule has 3 N–H and O–H groups in total. The molecule has 0 saturated carbocycles. The molecule has 6 heteroatoms. The van der Waals surface area contributed by atoms with E-state index in [0.717, 1.165) is 25.8 Å². The first-order valence-electron chi connectivity index (χ1n) is 7.07. The molecule has 1 heterocycles. The lowest BCUT2D eigenvalue weighted by Gasteiger charge is -2.38. The van der Waals surface area contributed by atoms with Crippen LogP contribution in [0.4, 0.5) is 0 Å². The molecule has 0 aromatic carbocycles. The van der Waals surface area contributed by atoms with Gasteiger partial charge in [0.25, 0.3) is 0 Å². The zero-order valence-corrected chi connectivity index (χ0v) is 13.8. The Morgan fingerprint density at radius 1 is 1.35 bits per heavy atom. The van der Waals surface area contributed by atoms with E-state index in [1.165, 1.54) is 0 Å². The molecule has 0 aliphatic carbocycles. The number of likely N-dealkylation sites (tertiary alicyclic amines) is 1. The van der Waals surface area contributed by atoms with Gasteiger partial charge < -0.3 is 16.0 Å². The summed E-state index contributed by atoms with van der Waals surface area (Å²) in [6, 6.07) is 0.0790. The molecule has 0 aromatic rings. The Kier molecular flexibility index (Phi) is 7.52. The number of carbonyl (C=O) groups excluding carboxylic acids is 2. The van der Waals surface area contributed by atoms with E-state index in [-0.39, 0.29) is 42.8 Å². The molecule has 118 valence electrons. The minimum absolute atomic E-state index is 0. The van der Waals surface area contributed by atoms with Gasteiger partial charge in [-0.3, -0.25) is 9.59 Å². The second-order valence-electron chi connectivity index (χ2n) is 6.44. The second-order valence-corrected chi connectivity index (χ2v) is 6.44. The second kappa shape index (κ2) is 7.84. The van der Waals surface area contributed by atoms with E-state index in [9.17, 15) is 9.59 Å². The molecule has 5 nitrogen and oxygen atoms in total. The van der Waals surface area contributed by atoms with Crippen LogP contribution in [0.25, 0.3) is 0 Å². The Balaban J connectivity index is 0.00000361. The predicted molar refractivity (Wildman–Crippen MR) is 82.7 cm³/mol. The van der Waals surface area contributed by atoms with Gasteiger partial charge in [0.2, 0.25) is 11.8 Å². The topological polar surface area (TPSA) is 75.4 Å². The summed E-state index contributed by atoms with van der Waals surface area (Å²) in [4.78, 5) is 25.8. The van der Waals surface area contributed by atoms with Crippen LogP contribution in [-0.4, -0.2) is 41.9 Å². The van der Waals surface area contributed by atoms with E-state index in [0.29, 0.717) is 0 Å². The Labute approximate surface area is 128 Å². The van der Waals surface area contributed by atoms with Gasteiger partial charge >= 0.3 is 0 Å². The van der Waals surface area contributed by atoms with Crippen LogP contribution in [0.5, 0.6) is 0 Å². The Morgan fingerprint density at radius 3 is 2.45 bits per heavy atom. The molecule has 20 heavy (non-hydrogen) atoms. The zero-order valence-electron chi connectivity index (χ0n) is 12.9. The van der Waals surface area contributed by atoms with Crippen molar-refractivity contribution in [1.82, 2.24) is 10.2 Å². The Hall–Kier alpha value is -0.810. The maximum atomic E-state index is 12.2. The van der Waals surface area contributed by atoms with Crippen molar-refractivity contribution < 1.29 is 9.59 Å². The van der Waals surface area contributed by atoms with Crippen molar-refractivity contribution in [2.24, 2.45) is 11.1 Å². The molecule has 0 aromatic heterocycles. The highest BCUT2D eigenvalue weighted by molar-refractivity contribution is 5.87. The van der Waals surface area contributed by atoms with Gasteiger partial charge in [-0.25, -0.2) is 0 Å². The third-order valence-corrected chi connectivity index (χ3v) is 3.56. The fraction of sp³-hybridized carbons (Fsp3) is 0.857. The first-order valence-corrected chi connectivity index (χ1v) is 7.07. The lowest BCUT2D eigenvalue weighted by molar-refractivity contribution is -0.138.